The van der Waals surface area contributed by atoms with Gasteiger partial charge < -0.3 is 4.74 Å². The Bertz CT molecular complexity index is 307. The molecule has 2 heteroatoms. The summed E-state index contributed by atoms with van der Waals surface area (Å²) in [5.41, 5.74) is 2.63. The maximum atomic E-state index is 5.56. The molecule has 1 nitrogen and oxygen atoms in total. The quantitative estimate of drug-likeness (QED) is 0.607. The number of hydrogen-bond donors (Lipinski definition) is 0. The van der Waals surface area contributed by atoms with Crippen molar-refractivity contribution in [1.82, 2.24) is 0 Å². The highest BCUT2D eigenvalue weighted by Gasteiger charge is 2.12. The molecule has 1 heterocycles. The molecule has 64 valence electrons. The molecule has 1 aromatic rings. The first-order chi connectivity index (χ1) is 5.77. The minimum Gasteiger partial charge on any atom is -0.492 e. The number of ether oxygens (including phenoxy) is 1. The smallest absolute Gasteiger partial charge is 0.133 e. The topological polar surface area (TPSA) is 9.23 Å². The number of benzene rings is 1. The molecule has 12 heavy (non-hydrogen) atoms. The summed E-state index contributed by atoms with van der Waals surface area (Å²) in [6.07, 6.45) is 0. The van der Waals surface area contributed by atoms with Gasteiger partial charge in [0, 0.05) is 5.75 Å². The average Bonchev–Trinajstić information content (AvgIpc) is 2.04. The molecular formula is C10H12OS. The van der Waals surface area contributed by atoms with E-state index in [0.717, 1.165) is 18.1 Å². The lowest BCUT2D eigenvalue weighted by molar-refractivity contribution is 0.329. The van der Waals surface area contributed by atoms with Crippen LogP contribution < -0.4 is 4.74 Å². The van der Waals surface area contributed by atoms with E-state index in [1.807, 2.05) is 11.8 Å². The van der Waals surface area contributed by atoms with Crippen molar-refractivity contribution in [2.24, 2.45) is 0 Å². The summed E-state index contributed by atoms with van der Waals surface area (Å²) in [4.78, 5) is 1.33. The van der Waals surface area contributed by atoms with Crippen LogP contribution in [0.1, 0.15) is 11.1 Å². The van der Waals surface area contributed by atoms with E-state index in [9.17, 15) is 0 Å². The maximum Gasteiger partial charge on any atom is 0.133 e. The molecule has 0 saturated carbocycles. The lowest BCUT2D eigenvalue weighted by Gasteiger charge is -2.18. The summed E-state index contributed by atoms with van der Waals surface area (Å²) in [6.45, 7) is 5.10. The first kappa shape index (κ1) is 7.99. The van der Waals surface area contributed by atoms with Gasteiger partial charge in [-0.3, -0.25) is 0 Å². The Morgan fingerprint density at radius 1 is 1.33 bits per heavy atom. The van der Waals surface area contributed by atoms with E-state index < -0.39 is 0 Å². The average molecular weight is 180 g/mol. The number of hydrogen-bond acceptors (Lipinski definition) is 2. The second-order valence-electron chi connectivity index (χ2n) is 3.11. The van der Waals surface area contributed by atoms with Crippen molar-refractivity contribution in [2.75, 3.05) is 12.4 Å². The van der Waals surface area contributed by atoms with Gasteiger partial charge in [-0.1, -0.05) is 6.07 Å². The molecule has 0 unspecified atom stereocenters. The van der Waals surface area contributed by atoms with Crippen LogP contribution in [0.3, 0.4) is 0 Å². The Labute approximate surface area is 77.1 Å². The first-order valence-corrected chi connectivity index (χ1v) is 5.13. The maximum absolute atomic E-state index is 5.56. The van der Waals surface area contributed by atoms with Gasteiger partial charge >= 0.3 is 0 Å². The number of thioether (sulfide) groups is 1. The molecule has 0 N–H and O–H groups in total. The summed E-state index contributed by atoms with van der Waals surface area (Å²) in [5.74, 6) is 2.15. The van der Waals surface area contributed by atoms with Crippen LogP contribution in [0.15, 0.2) is 17.0 Å². The fourth-order valence-corrected chi connectivity index (χ4v) is 2.42. The van der Waals surface area contributed by atoms with E-state index in [1.54, 1.807) is 0 Å². The predicted molar refractivity (Wildman–Crippen MR) is 52.1 cm³/mol. The van der Waals surface area contributed by atoms with Crippen molar-refractivity contribution < 1.29 is 4.74 Å². The van der Waals surface area contributed by atoms with Gasteiger partial charge in [0.15, 0.2) is 0 Å². The number of fused-ring (bicyclic) bond motifs is 1. The van der Waals surface area contributed by atoms with Crippen molar-refractivity contribution in [3.8, 4) is 5.75 Å². The predicted octanol–water partition coefficient (Wildman–Crippen LogP) is 2.79. The van der Waals surface area contributed by atoms with Gasteiger partial charge in [0.25, 0.3) is 0 Å². The molecule has 0 aromatic heterocycles. The Morgan fingerprint density at radius 3 is 3.00 bits per heavy atom. The third-order valence-corrected chi connectivity index (χ3v) is 3.15. The van der Waals surface area contributed by atoms with Crippen LogP contribution in [0, 0.1) is 13.8 Å². The summed E-state index contributed by atoms with van der Waals surface area (Å²) < 4.78 is 5.56. The lowest BCUT2D eigenvalue weighted by atomic mass is 10.1. The Hall–Kier alpha value is -0.630. The Morgan fingerprint density at radius 2 is 2.17 bits per heavy atom. The van der Waals surface area contributed by atoms with Gasteiger partial charge in [0.2, 0.25) is 0 Å². The van der Waals surface area contributed by atoms with Gasteiger partial charge in [0.1, 0.15) is 5.75 Å². The highest BCUT2D eigenvalue weighted by molar-refractivity contribution is 7.99. The molecule has 0 amide bonds. The summed E-state index contributed by atoms with van der Waals surface area (Å²) >= 11 is 1.90. The molecule has 2 rings (SSSR count). The molecule has 1 aliphatic rings. The van der Waals surface area contributed by atoms with Crippen LogP contribution in [0.25, 0.3) is 0 Å². The zero-order valence-electron chi connectivity index (χ0n) is 7.39. The summed E-state index contributed by atoms with van der Waals surface area (Å²) in [5, 5.41) is 0. The largest absolute Gasteiger partial charge is 0.492 e. The molecule has 0 saturated heterocycles. The fourth-order valence-electron chi connectivity index (χ4n) is 1.50. The van der Waals surface area contributed by atoms with Crippen molar-refractivity contribution in [2.45, 2.75) is 18.7 Å². The SMILES string of the molecule is Cc1cc(C)c2c(c1)OCCS2. The van der Waals surface area contributed by atoms with Crippen LogP contribution in [0.4, 0.5) is 0 Å². The first-order valence-electron chi connectivity index (χ1n) is 4.14. The van der Waals surface area contributed by atoms with E-state index in [0.29, 0.717) is 0 Å². The fraction of sp³-hybridized carbons (Fsp3) is 0.400. The molecule has 0 spiro atoms. The molecule has 0 radical (unpaired) electrons. The van der Waals surface area contributed by atoms with Crippen LogP contribution in [0.2, 0.25) is 0 Å². The Balaban J connectivity index is 2.53. The van der Waals surface area contributed by atoms with Crippen LogP contribution in [-0.4, -0.2) is 12.4 Å². The van der Waals surface area contributed by atoms with Crippen molar-refractivity contribution >= 4 is 11.8 Å². The zero-order chi connectivity index (χ0) is 8.55. The highest BCUT2D eigenvalue weighted by atomic mass is 32.2. The van der Waals surface area contributed by atoms with E-state index in [2.05, 4.69) is 26.0 Å². The van der Waals surface area contributed by atoms with Crippen LogP contribution in [-0.2, 0) is 0 Å². The van der Waals surface area contributed by atoms with Crippen molar-refractivity contribution in [1.29, 1.82) is 0 Å². The third-order valence-electron chi connectivity index (χ3n) is 1.97. The molecule has 0 aliphatic carbocycles. The molecule has 0 fully saturated rings. The van der Waals surface area contributed by atoms with Gasteiger partial charge in [0.05, 0.1) is 11.5 Å². The van der Waals surface area contributed by atoms with E-state index in [1.165, 1.54) is 16.0 Å². The molecule has 1 aliphatic heterocycles. The second kappa shape index (κ2) is 3.02. The van der Waals surface area contributed by atoms with Gasteiger partial charge in [-0.25, -0.2) is 0 Å². The number of rotatable bonds is 0. The Kier molecular flexibility index (Phi) is 2.01. The van der Waals surface area contributed by atoms with E-state index in [4.69, 9.17) is 4.74 Å². The normalized spacial score (nSPS) is 15.2. The zero-order valence-corrected chi connectivity index (χ0v) is 8.20. The van der Waals surface area contributed by atoms with Gasteiger partial charge in [-0.2, -0.15) is 0 Å². The summed E-state index contributed by atoms with van der Waals surface area (Å²) in [6, 6.07) is 4.33. The van der Waals surface area contributed by atoms with E-state index >= 15 is 0 Å². The number of aryl methyl sites for hydroxylation is 2. The van der Waals surface area contributed by atoms with Crippen LogP contribution in [0.5, 0.6) is 5.75 Å². The van der Waals surface area contributed by atoms with Crippen molar-refractivity contribution in [3.63, 3.8) is 0 Å². The van der Waals surface area contributed by atoms with Gasteiger partial charge in [-0.05, 0) is 31.0 Å². The monoisotopic (exact) mass is 180 g/mol. The minimum absolute atomic E-state index is 0.848. The minimum atomic E-state index is 0.848. The van der Waals surface area contributed by atoms with Crippen molar-refractivity contribution in [3.05, 3.63) is 23.3 Å². The molecule has 0 bridgehead atoms. The highest BCUT2D eigenvalue weighted by Crippen LogP contribution is 2.36. The lowest BCUT2D eigenvalue weighted by Crippen LogP contribution is -2.07. The standard InChI is InChI=1S/C10H12OS/c1-7-5-8(2)10-9(6-7)11-3-4-12-10/h5-6H,3-4H2,1-2H3. The van der Waals surface area contributed by atoms with Crippen LogP contribution >= 0.6 is 11.8 Å². The molecule has 0 atom stereocenters. The molecule has 1 aromatic carbocycles. The molecular weight excluding hydrogens is 168 g/mol. The van der Waals surface area contributed by atoms with Gasteiger partial charge in [-0.15, -0.1) is 11.8 Å². The second-order valence-corrected chi connectivity index (χ2v) is 4.21. The third kappa shape index (κ3) is 1.31. The van der Waals surface area contributed by atoms with E-state index in [-0.39, 0.29) is 0 Å². The summed E-state index contributed by atoms with van der Waals surface area (Å²) in [7, 11) is 0.